The molecule has 0 radical (unpaired) electrons. The third-order valence-corrected chi connectivity index (χ3v) is 5.26. The van der Waals surface area contributed by atoms with Crippen molar-refractivity contribution in [2.24, 2.45) is 5.92 Å². The summed E-state index contributed by atoms with van der Waals surface area (Å²) < 4.78 is 35.4. The number of hydrazine groups is 1. The van der Waals surface area contributed by atoms with Crippen molar-refractivity contribution in [3.05, 3.63) is 53.1 Å². The van der Waals surface area contributed by atoms with E-state index in [0.717, 1.165) is 6.42 Å². The first kappa shape index (κ1) is 22.0. The van der Waals surface area contributed by atoms with Crippen LogP contribution in [0.2, 0.25) is 5.02 Å². The molecule has 2 aromatic rings. The minimum absolute atomic E-state index is 0.0632. The van der Waals surface area contributed by atoms with E-state index in [1.165, 1.54) is 37.4 Å². The van der Waals surface area contributed by atoms with Crippen LogP contribution in [-0.2, 0) is 10.0 Å². The first-order valence-corrected chi connectivity index (χ1v) is 10.5. The lowest BCUT2D eigenvalue weighted by atomic mass is 10.1. The average Bonchev–Trinajstić information content (AvgIpc) is 2.66. The second kappa shape index (κ2) is 9.77. The van der Waals surface area contributed by atoms with Gasteiger partial charge in [-0.2, -0.15) is 0 Å². The van der Waals surface area contributed by atoms with E-state index in [-0.39, 0.29) is 15.5 Å². The van der Waals surface area contributed by atoms with Gasteiger partial charge in [-0.05, 0) is 48.7 Å². The van der Waals surface area contributed by atoms with Gasteiger partial charge in [-0.1, -0.05) is 31.5 Å². The molecular weight excluding hydrogens is 404 g/mol. The smallest absolute Gasteiger partial charge is 0.266 e. The number of rotatable bonds is 9. The molecule has 0 aromatic heterocycles. The fourth-order valence-corrected chi connectivity index (χ4v) is 3.35. The second-order valence-corrected chi connectivity index (χ2v) is 8.53. The Morgan fingerprint density at radius 2 is 1.89 bits per heavy atom. The van der Waals surface area contributed by atoms with Crippen LogP contribution in [0, 0.1) is 5.92 Å². The summed E-state index contributed by atoms with van der Waals surface area (Å²) in [6, 6.07) is 10.3. The minimum Gasteiger partial charge on any atom is -0.493 e. The maximum Gasteiger partial charge on any atom is 0.266 e. The molecule has 0 atom stereocenters. The highest BCUT2D eigenvalue weighted by atomic mass is 35.5. The van der Waals surface area contributed by atoms with Gasteiger partial charge in [0.1, 0.15) is 0 Å². The summed E-state index contributed by atoms with van der Waals surface area (Å²) in [7, 11) is -2.49. The summed E-state index contributed by atoms with van der Waals surface area (Å²) in [5, 5.41) is 0.270. The van der Waals surface area contributed by atoms with E-state index in [1.807, 2.05) is 4.83 Å². The molecule has 0 saturated heterocycles. The van der Waals surface area contributed by atoms with Gasteiger partial charge in [0, 0.05) is 10.6 Å². The van der Waals surface area contributed by atoms with Crippen LogP contribution < -0.4 is 19.7 Å². The van der Waals surface area contributed by atoms with Gasteiger partial charge >= 0.3 is 0 Å². The molecular formula is C19H23ClN2O5S. The molecule has 9 heteroatoms. The molecule has 1 amide bonds. The van der Waals surface area contributed by atoms with E-state index in [9.17, 15) is 13.2 Å². The molecule has 0 spiro atoms. The highest BCUT2D eigenvalue weighted by Crippen LogP contribution is 2.28. The number of carbonyl (C=O) groups excluding carboxylic acids is 1. The van der Waals surface area contributed by atoms with E-state index < -0.39 is 15.9 Å². The fraction of sp³-hybridized carbons (Fsp3) is 0.316. The summed E-state index contributed by atoms with van der Waals surface area (Å²) in [4.78, 5) is 14.3. The number of amides is 1. The zero-order chi connectivity index (χ0) is 20.7. The molecule has 0 aliphatic carbocycles. The number of benzene rings is 2. The summed E-state index contributed by atoms with van der Waals surface area (Å²) in [5.41, 5.74) is 2.38. The standard InChI is InChI=1S/C19H23ClN2O5S/c1-13(2)9-10-27-17-8-7-14(11-18(17)26-3)19(23)21-22-28(24,25)16-6-4-5-15(20)12-16/h4-8,11-13,22H,9-10H2,1-3H3,(H,21,23). The number of nitrogens with one attached hydrogen (secondary N) is 2. The molecule has 0 aliphatic rings. The van der Waals surface area contributed by atoms with Gasteiger partial charge in [0.2, 0.25) is 0 Å². The molecule has 0 fully saturated rings. The molecule has 28 heavy (non-hydrogen) atoms. The zero-order valence-corrected chi connectivity index (χ0v) is 17.4. The Balaban J connectivity index is 2.05. The van der Waals surface area contributed by atoms with Crippen molar-refractivity contribution in [3.8, 4) is 11.5 Å². The third-order valence-electron chi connectivity index (χ3n) is 3.78. The molecule has 7 nitrogen and oxygen atoms in total. The minimum atomic E-state index is -3.95. The van der Waals surface area contributed by atoms with E-state index in [4.69, 9.17) is 21.1 Å². The molecule has 2 N–H and O–H groups in total. The Morgan fingerprint density at radius 1 is 1.14 bits per heavy atom. The van der Waals surface area contributed by atoms with Gasteiger partial charge < -0.3 is 9.47 Å². The number of methoxy groups -OCH3 is 1. The van der Waals surface area contributed by atoms with Gasteiger partial charge in [-0.15, -0.1) is 4.83 Å². The summed E-state index contributed by atoms with van der Waals surface area (Å²) in [5.74, 6) is 0.759. The SMILES string of the molecule is COc1cc(C(=O)NNS(=O)(=O)c2cccc(Cl)c2)ccc1OCCC(C)C. The fourth-order valence-electron chi connectivity index (χ4n) is 2.21. The van der Waals surface area contributed by atoms with Crippen LogP contribution in [0.25, 0.3) is 0 Å². The first-order valence-electron chi connectivity index (χ1n) is 8.61. The Hall–Kier alpha value is -2.29. The third kappa shape index (κ3) is 6.12. The van der Waals surface area contributed by atoms with Crippen LogP contribution in [0.5, 0.6) is 11.5 Å². The second-order valence-electron chi connectivity index (χ2n) is 6.41. The van der Waals surface area contributed by atoms with Crippen LogP contribution in [-0.4, -0.2) is 28.0 Å². The van der Waals surface area contributed by atoms with Crippen molar-refractivity contribution in [2.45, 2.75) is 25.2 Å². The first-order chi connectivity index (χ1) is 13.2. The van der Waals surface area contributed by atoms with Crippen molar-refractivity contribution in [1.82, 2.24) is 10.3 Å². The number of hydrogen-bond acceptors (Lipinski definition) is 5. The number of carbonyl (C=O) groups is 1. The van der Waals surface area contributed by atoms with Gasteiger partial charge in [-0.3, -0.25) is 10.2 Å². The van der Waals surface area contributed by atoms with Gasteiger partial charge in [0.05, 0.1) is 18.6 Å². The van der Waals surface area contributed by atoms with E-state index in [2.05, 4.69) is 19.3 Å². The molecule has 0 saturated carbocycles. The van der Waals surface area contributed by atoms with E-state index in [0.29, 0.717) is 24.0 Å². The maximum absolute atomic E-state index is 12.3. The van der Waals surface area contributed by atoms with Crippen molar-refractivity contribution >= 4 is 27.5 Å². The van der Waals surface area contributed by atoms with Crippen molar-refractivity contribution in [3.63, 3.8) is 0 Å². The number of halogens is 1. The van der Waals surface area contributed by atoms with Crippen LogP contribution in [0.15, 0.2) is 47.4 Å². The zero-order valence-electron chi connectivity index (χ0n) is 15.9. The Labute approximate surface area is 170 Å². The maximum atomic E-state index is 12.3. The Bertz CT molecular complexity index is 932. The molecule has 2 aromatic carbocycles. The Kier molecular flexibility index (Phi) is 7.68. The molecule has 0 unspecified atom stereocenters. The molecule has 152 valence electrons. The monoisotopic (exact) mass is 426 g/mol. The Morgan fingerprint density at radius 3 is 2.54 bits per heavy atom. The van der Waals surface area contributed by atoms with Gasteiger partial charge in [0.15, 0.2) is 11.5 Å². The number of ether oxygens (including phenoxy) is 2. The lowest BCUT2D eigenvalue weighted by Crippen LogP contribution is -2.41. The predicted octanol–water partition coefficient (Wildman–Crippen LogP) is 3.40. The summed E-state index contributed by atoms with van der Waals surface area (Å²) in [6.45, 7) is 4.72. The number of sulfonamides is 1. The van der Waals surface area contributed by atoms with E-state index >= 15 is 0 Å². The molecule has 0 aliphatic heterocycles. The van der Waals surface area contributed by atoms with Gasteiger partial charge in [-0.25, -0.2) is 8.42 Å². The highest BCUT2D eigenvalue weighted by molar-refractivity contribution is 7.89. The van der Waals surface area contributed by atoms with Crippen LogP contribution in [0.3, 0.4) is 0 Å². The van der Waals surface area contributed by atoms with Crippen LogP contribution in [0.4, 0.5) is 0 Å². The van der Waals surface area contributed by atoms with Crippen LogP contribution in [0.1, 0.15) is 30.6 Å². The normalized spacial score (nSPS) is 11.3. The molecule has 2 rings (SSSR count). The quantitative estimate of drug-likeness (QED) is 0.599. The van der Waals surface area contributed by atoms with Crippen molar-refractivity contribution in [2.75, 3.05) is 13.7 Å². The predicted molar refractivity (Wildman–Crippen MR) is 107 cm³/mol. The van der Waals surface area contributed by atoms with Crippen LogP contribution >= 0.6 is 11.6 Å². The lowest BCUT2D eigenvalue weighted by Gasteiger charge is -2.13. The largest absolute Gasteiger partial charge is 0.493 e. The van der Waals surface area contributed by atoms with Crippen molar-refractivity contribution < 1.29 is 22.7 Å². The number of hydrogen-bond donors (Lipinski definition) is 2. The van der Waals surface area contributed by atoms with E-state index in [1.54, 1.807) is 12.1 Å². The summed E-state index contributed by atoms with van der Waals surface area (Å²) >= 11 is 5.81. The van der Waals surface area contributed by atoms with Crippen molar-refractivity contribution in [1.29, 1.82) is 0 Å². The highest BCUT2D eigenvalue weighted by Gasteiger charge is 2.17. The van der Waals surface area contributed by atoms with Gasteiger partial charge in [0.25, 0.3) is 15.9 Å². The average molecular weight is 427 g/mol. The topological polar surface area (TPSA) is 93.7 Å². The lowest BCUT2D eigenvalue weighted by molar-refractivity contribution is 0.0944. The summed E-state index contributed by atoms with van der Waals surface area (Å²) in [6.07, 6.45) is 0.886. The molecule has 0 bridgehead atoms. The molecule has 0 heterocycles.